The number of anilines is 1. The molecule has 2 heterocycles. The van der Waals surface area contributed by atoms with Crippen molar-refractivity contribution in [1.82, 2.24) is 4.90 Å². The molecule has 1 amide bonds. The number of likely N-dealkylation sites (tertiary alicyclic amines) is 1. The molecule has 5 rings (SSSR count). The maximum atomic E-state index is 13.4. The van der Waals surface area contributed by atoms with Crippen LogP contribution in [0.1, 0.15) is 74.2 Å². The van der Waals surface area contributed by atoms with E-state index < -0.39 is 0 Å². The number of carbonyl (C=O) groups excluding carboxylic acids is 1. The van der Waals surface area contributed by atoms with Crippen LogP contribution < -0.4 is 4.72 Å². The maximum absolute atomic E-state index is 13.4. The summed E-state index contributed by atoms with van der Waals surface area (Å²) in [5.74, 6) is 0.954. The number of rotatable bonds is 10. The number of allylic oxidation sites excluding steroid dienone is 2. The number of aliphatic hydroxyl groups excluding tert-OH is 2. The summed E-state index contributed by atoms with van der Waals surface area (Å²) in [5, 5.41) is 21.2. The van der Waals surface area contributed by atoms with E-state index in [9.17, 15) is 15.0 Å². The normalized spacial score (nSPS) is 22.3. The van der Waals surface area contributed by atoms with Gasteiger partial charge in [-0.1, -0.05) is 25.5 Å². The van der Waals surface area contributed by atoms with Gasteiger partial charge in [0.05, 0.1) is 17.7 Å². The van der Waals surface area contributed by atoms with Crippen LogP contribution in [0.4, 0.5) is 11.4 Å². The van der Waals surface area contributed by atoms with Crippen molar-refractivity contribution in [3.8, 4) is 0 Å². The first-order valence-electron chi connectivity index (χ1n) is 15.3. The van der Waals surface area contributed by atoms with Crippen LogP contribution in [0.25, 0.3) is 0 Å². The second kappa shape index (κ2) is 14.2. The second-order valence-corrected chi connectivity index (χ2v) is 12.4. The molecule has 0 aromatic heterocycles. The number of aliphatic hydroxyl groups is 2. The highest BCUT2D eigenvalue weighted by Crippen LogP contribution is 2.39. The number of para-hydroxylation sites is 1. The van der Waals surface area contributed by atoms with Crippen LogP contribution >= 0.6 is 11.9 Å². The predicted molar refractivity (Wildman–Crippen MR) is 171 cm³/mol. The van der Waals surface area contributed by atoms with Crippen molar-refractivity contribution in [2.45, 2.75) is 69.6 Å². The van der Waals surface area contributed by atoms with E-state index >= 15 is 0 Å². The molecule has 3 atom stereocenters. The van der Waals surface area contributed by atoms with Crippen LogP contribution in [-0.4, -0.2) is 47.4 Å². The molecule has 7 nitrogen and oxygen atoms in total. The summed E-state index contributed by atoms with van der Waals surface area (Å²) in [6, 6.07) is 14.1. The van der Waals surface area contributed by atoms with Crippen LogP contribution in [0.15, 0.2) is 75.7 Å². The summed E-state index contributed by atoms with van der Waals surface area (Å²) in [4.78, 5) is 21.1. The first-order valence-corrected chi connectivity index (χ1v) is 16.1. The highest BCUT2D eigenvalue weighted by atomic mass is 32.2. The van der Waals surface area contributed by atoms with Gasteiger partial charge in [0.15, 0.2) is 11.5 Å². The van der Waals surface area contributed by atoms with E-state index in [2.05, 4.69) is 34.8 Å². The molecule has 3 aliphatic rings. The Kier molecular flexibility index (Phi) is 10.2. The van der Waals surface area contributed by atoms with Crippen LogP contribution in [0.3, 0.4) is 0 Å². The van der Waals surface area contributed by atoms with E-state index in [0.29, 0.717) is 17.2 Å². The zero-order chi connectivity index (χ0) is 29.5. The van der Waals surface area contributed by atoms with Crippen LogP contribution in [-0.2, 0) is 11.2 Å². The third-order valence-electron chi connectivity index (χ3n) is 8.83. The number of ether oxygens (including phenoxy) is 1. The molecule has 3 N–H and O–H groups in total. The molecule has 224 valence electrons. The lowest BCUT2D eigenvalue weighted by Gasteiger charge is -2.30. The average molecular weight is 590 g/mol. The van der Waals surface area contributed by atoms with E-state index in [-0.39, 0.29) is 29.3 Å². The number of aliphatic imine (C=N–C) groups is 1. The minimum Gasteiger partial charge on any atom is -0.508 e. The topological polar surface area (TPSA) is 94.4 Å². The number of methoxy groups -OCH3 is 1. The van der Waals surface area contributed by atoms with Gasteiger partial charge in [-0.2, -0.15) is 0 Å². The Morgan fingerprint density at radius 3 is 2.71 bits per heavy atom. The van der Waals surface area contributed by atoms with Gasteiger partial charge in [-0.25, -0.2) is 0 Å². The molecule has 0 spiro atoms. The molecule has 8 heteroatoms. The van der Waals surface area contributed by atoms with Crippen molar-refractivity contribution in [2.24, 2.45) is 22.7 Å². The van der Waals surface area contributed by atoms with Crippen molar-refractivity contribution in [2.75, 3.05) is 24.9 Å². The van der Waals surface area contributed by atoms with Crippen molar-refractivity contribution < 1.29 is 19.7 Å². The van der Waals surface area contributed by atoms with Crippen molar-refractivity contribution in [3.63, 3.8) is 0 Å². The maximum Gasteiger partial charge on any atom is 0.253 e. The van der Waals surface area contributed by atoms with Crippen LogP contribution in [0.5, 0.6) is 0 Å². The van der Waals surface area contributed by atoms with Gasteiger partial charge in [-0.15, -0.1) is 0 Å². The van der Waals surface area contributed by atoms with E-state index in [0.717, 1.165) is 87.1 Å². The Hall–Kier alpha value is -3.39. The van der Waals surface area contributed by atoms with Gasteiger partial charge in [0, 0.05) is 36.5 Å². The molecule has 0 bridgehead atoms. The van der Waals surface area contributed by atoms with E-state index in [1.54, 1.807) is 11.9 Å². The van der Waals surface area contributed by atoms with Crippen molar-refractivity contribution in [1.29, 1.82) is 0 Å². The zero-order valence-electron chi connectivity index (χ0n) is 24.7. The molecule has 42 heavy (non-hydrogen) atoms. The molecule has 2 aliphatic heterocycles. The predicted octanol–water partition coefficient (Wildman–Crippen LogP) is 8.38. The molecule has 1 saturated heterocycles. The average Bonchev–Trinajstić information content (AvgIpc) is 3.27. The Labute approximate surface area is 253 Å². The molecule has 3 unspecified atom stereocenters. The Bertz CT molecular complexity index is 1340. The number of hydrogen-bond donors (Lipinski definition) is 3. The Morgan fingerprint density at radius 1 is 1.10 bits per heavy atom. The van der Waals surface area contributed by atoms with Gasteiger partial charge >= 0.3 is 0 Å². The van der Waals surface area contributed by atoms with Gasteiger partial charge in [0.2, 0.25) is 0 Å². The molecular weight excluding hydrogens is 546 g/mol. The van der Waals surface area contributed by atoms with Crippen molar-refractivity contribution >= 4 is 35.4 Å². The smallest absolute Gasteiger partial charge is 0.253 e. The number of nitrogens with zero attached hydrogens (tertiary/aromatic N) is 2. The monoisotopic (exact) mass is 589 g/mol. The number of amides is 1. The number of nitrogens with one attached hydrogen (secondary N) is 1. The minimum absolute atomic E-state index is 0.0613. The summed E-state index contributed by atoms with van der Waals surface area (Å²) in [5.41, 5.74) is 3.99. The summed E-state index contributed by atoms with van der Waals surface area (Å²) >= 11 is 1.55. The largest absolute Gasteiger partial charge is 0.508 e. The lowest BCUT2D eigenvalue weighted by Crippen LogP contribution is -2.32. The highest BCUT2D eigenvalue weighted by Gasteiger charge is 2.33. The number of fused-ring (bicyclic) bond motifs is 1. The van der Waals surface area contributed by atoms with Gasteiger partial charge < -0.3 is 24.6 Å². The quantitative estimate of drug-likeness (QED) is 0.241. The third-order valence-corrected chi connectivity index (χ3v) is 9.72. The minimum atomic E-state index is -0.125. The van der Waals surface area contributed by atoms with E-state index in [4.69, 9.17) is 4.74 Å². The molecule has 0 saturated carbocycles. The van der Waals surface area contributed by atoms with Crippen molar-refractivity contribution in [3.05, 3.63) is 76.9 Å². The van der Waals surface area contributed by atoms with Gasteiger partial charge in [0.25, 0.3) is 5.91 Å². The lowest BCUT2D eigenvalue weighted by atomic mass is 9.78. The third kappa shape index (κ3) is 6.97. The second-order valence-electron chi connectivity index (χ2n) is 11.6. The molecule has 0 radical (unpaired) electrons. The lowest BCUT2D eigenvalue weighted by molar-refractivity contribution is 0.0759. The van der Waals surface area contributed by atoms with Gasteiger partial charge in [0.1, 0.15) is 5.76 Å². The number of carbonyl (C=O) groups is 1. The number of hydrogen-bond acceptors (Lipinski definition) is 7. The summed E-state index contributed by atoms with van der Waals surface area (Å²) in [6.45, 7) is 3.64. The summed E-state index contributed by atoms with van der Waals surface area (Å²) < 4.78 is 8.69. The SMILES string of the molecule is CCCC1C=C(OC)C(O)=C(O)C1CCC1CCCN(C(=O)c2ccc(NSc3cccc4c3N=CCC4)cc2)CC1. The number of benzene rings is 2. The Balaban J connectivity index is 1.13. The molecule has 2 aromatic carbocycles. The molecule has 1 fully saturated rings. The van der Waals surface area contributed by atoms with Gasteiger partial charge in [-0.05, 0) is 117 Å². The first-order chi connectivity index (χ1) is 20.5. The zero-order valence-corrected chi connectivity index (χ0v) is 25.5. The first kappa shape index (κ1) is 30.1. The number of aryl methyl sites for hydroxylation is 1. The standard InChI is InChI=1S/C34H43N3O4S/c1-3-7-26-22-29(41-2)33(39)32(38)28(26)17-12-23-8-6-20-37(21-18-23)34(40)25-13-15-27(16-14-25)36-42-30-11-4-9-24-10-5-19-35-31(24)30/h4,9,11,13-16,19,22-23,26,28,36,38-39H,3,5-8,10,12,17-18,20-21H2,1-2H3. The fourth-order valence-corrected chi connectivity index (χ4v) is 7.24. The highest BCUT2D eigenvalue weighted by molar-refractivity contribution is 8.00. The van der Waals surface area contributed by atoms with Crippen LogP contribution in [0.2, 0.25) is 0 Å². The molecule has 1 aliphatic carbocycles. The van der Waals surface area contributed by atoms with E-state index in [1.807, 2.05) is 41.5 Å². The van der Waals surface area contributed by atoms with Crippen LogP contribution in [0, 0.1) is 17.8 Å². The fourth-order valence-electron chi connectivity index (χ4n) is 6.45. The Morgan fingerprint density at radius 2 is 1.93 bits per heavy atom. The summed E-state index contributed by atoms with van der Waals surface area (Å²) in [7, 11) is 1.52. The fraction of sp³-hybridized carbons (Fsp3) is 0.471. The van der Waals surface area contributed by atoms with E-state index in [1.165, 1.54) is 12.7 Å². The molecular formula is C34H43N3O4S. The summed E-state index contributed by atoms with van der Waals surface area (Å²) in [6.07, 6.45) is 12.7. The van der Waals surface area contributed by atoms with Gasteiger partial charge in [-0.3, -0.25) is 9.79 Å². The molecule has 2 aromatic rings.